The summed E-state index contributed by atoms with van der Waals surface area (Å²) < 4.78 is 0. The van der Waals surface area contributed by atoms with Crippen molar-refractivity contribution in [3.05, 3.63) is 27.8 Å². The third-order valence-electron chi connectivity index (χ3n) is 4.73. The monoisotopic (exact) mass is 345 g/mol. The van der Waals surface area contributed by atoms with Crippen LogP contribution >= 0.6 is 11.3 Å². The van der Waals surface area contributed by atoms with Crippen LogP contribution in [0.2, 0.25) is 0 Å². The van der Waals surface area contributed by atoms with Gasteiger partial charge in [0, 0.05) is 24.7 Å². The number of carbonyl (C=O) groups excluding carboxylic acids is 2. The van der Waals surface area contributed by atoms with Crippen molar-refractivity contribution < 1.29 is 9.59 Å². The van der Waals surface area contributed by atoms with Gasteiger partial charge in [0.2, 0.25) is 5.91 Å². The third-order valence-corrected chi connectivity index (χ3v) is 5.91. The molecule has 0 unspecified atom stereocenters. The van der Waals surface area contributed by atoms with Crippen LogP contribution in [0.3, 0.4) is 0 Å². The van der Waals surface area contributed by atoms with Gasteiger partial charge in [0.25, 0.3) is 5.91 Å². The standard InChI is InChI=1S/C18H23N3O2S/c1-10-9-11(2)20-17-14(10)12(3)15(24-17)18(23)21-8-6-5-7-13(21)16(22)19-4/h9,13H,5-8H2,1-4H3,(H,19,22)/t13-/m1/s1. The summed E-state index contributed by atoms with van der Waals surface area (Å²) in [6, 6.07) is 1.68. The van der Waals surface area contributed by atoms with Crippen LogP contribution in [-0.4, -0.2) is 41.3 Å². The van der Waals surface area contributed by atoms with E-state index in [1.54, 1.807) is 11.9 Å². The summed E-state index contributed by atoms with van der Waals surface area (Å²) in [6.45, 7) is 6.64. The Bertz CT molecular complexity index is 812. The second kappa shape index (κ2) is 6.51. The maximum Gasteiger partial charge on any atom is 0.264 e. The number of piperidine rings is 1. The maximum atomic E-state index is 13.1. The van der Waals surface area contributed by atoms with Crippen molar-refractivity contribution >= 4 is 33.4 Å². The van der Waals surface area contributed by atoms with Crippen molar-refractivity contribution in [2.24, 2.45) is 0 Å². The minimum atomic E-state index is -0.364. The molecule has 0 saturated carbocycles. The van der Waals surface area contributed by atoms with Crippen LogP contribution in [0.5, 0.6) is 0 Å². The summed E-state index contributed by atoms with van der Waals surface area (Å²) in [4.78, 5) is 33.2. The first-order valence-corrected chi connectivity index (χ1v) is 9.15. The highest BCUT2D eigenvalue weighted by molar-refractivity contribution is 7.20. The van der Waals surface area contributed by atoms with Gasteiger partial charge in [-0.15, -0.1) is 11.3 Å². The van der Waals surface area contributed by atoms with Crippen LogP contribution in [0.1, 0.15) is 45.8 Å². The molecular formula is C18H23N3O2S. The zero-order chi connectivity index (χ0) is 17.4. The van der Waals surface area contributed by atoms with E-state index in [-0.39, 0.29) is 17.9 Å². The molecule has 1 atom stereocenters. The van der Waals surface area contributed by atoms with E-state index >= 15 is 0 Å². The number of hydrogen-bond acceptors (Lipinski definition) is 4. The van der Waals surface area contributed by atoms with Crippen LogP contribution in [0, 0.1) is 20.8 Å². The summed E-state index contributed by atoms with van der Waals surface area (Å²) in [5.41, 5.74) is 3.08. The summed E-state index contributed by atoms with van der Waals surface area (Å²) in [6.07, 6.45) is 2.65. The summed E-state index contributed by atoms with van der Waals surface area (Å²) in [7, 11) is 1.63. The zero-order valence-electron chi connectivity index (χ0n) is 14.6. The van der Waals surface area contributed by atoms with Crippen molar-refractivity contribution in [2.75, 3.05) is 13.6 Å². The Morgan fingerprint density at radius 3 is 2.75 bits per heavy atom. The largest absolute Gasteiger partial charge is 0.357 e. The molecule has 0 aliphatic carbocycles. The highest BCUT2D eigenvalue weighted by Gasteiger charge is 2.33. The van der Waals surface area contributed by atoms with E-state index < -0.39 is 0 Å². The van der Waals surface area contributed by atoms with Crippen LogP contribution in [0.15, 0.2) is 6.07 Å². The lowest BCUT2D eigenvalue weighted by atomic mass is 10.0. The fraction of sp³-hybridized carbons (Fsp3) is 0.500. The molecule has 2 aromatic rings. The Balaban J connectivity index is 2.03. The number of hydrogen-bond donors (Lipinski definition) is 1. The molecule has 0 bridgehead atoms. The third kappa shape index (κ3) is 2.79. The smallest absolute Gasteiger partial charge is 0.264 e. The molecule has 1 aliphatic heterocycles. The van der Waals surface area contributed by atoms with E-state index in [2.05, 4.69) is 17.2 Å². The number of aromatic nitrogens is 1. The van der Waals surface area contributed by atoms with E-state index in [0.717, 1.165) is 46.3 Å². The highest BCUT2D eigenvalue weighted by atomic mass is 32.1. The molecule has 1 N–H and O–H groups in total. The first-order valence-electron chi connectivity index (χ1n) is 8.34. The molecule has 1 fully saturated rings. The fourth-order valence-corrected chi connectivity index (χ4v) is 4.83. The molecule has 5 nitrogen and oxygen atoms in total. The van der Waals surface area contributed by atoms with E-state index in [1.165, 1.54) is 11.3 Å². The topological polar surface area (TPSA) is 62.3 Å². The maximum absolute atomic E-state index is 13.1. The van der Waals surface area contributed by atoms with Crippen LogP contribution in [-0.2, 0) is 4.79 Å². The molecule has 3 rings (SSSR count). The molecule has 128 valence electrons. The van der Waals surface area contributed by atoms with E-state index in [0.29, 0.717) is 11.4 Å². The molecule has 2 aromatic heterocycles. The fourth-order valence-electron chi connectivity index (χ4n) is 3.57. The van der Waals surface area contributed by atoms with E-state index in [1.807, 2.05) is 19.9 Å². The number of likely N-dealkylation sites (tertiary alicyclic amines) is 1. The van der Waals surface area contributed by atoms with Gasteiger partial charge in [-0.3, -0.25) is 9.59 Å². The molecule has 24 heavy (non-hydrogen) atoms. The number of thiophene rings is 1. The number of pyridine rings is 1. The van der Waals surface area contributed by atoms with Crippen molar-refractivity contribution in [2.45, 2.75) is 46.1 Å². The van der Waals surface area contributed by atoms with Crippen molar-refractivity contribution in [1.82, 2.24) is 15.2 Å². The molecule has 0 aromatic carbocycles. The lowest BCUT2D eigenvalue weighted by Crippen LogP contribution is -2.51. The molecule has 6 heteroatoms. The second-order valence-electron chi connectivity index (χ2n) is 6.44. The van der Waals surface area contributed by atoms with Gasteiger partial charge in [-0.2, -0.15) is 0 Å². The Morgan fingerprint density at radius 2 is 2.04 bits per heavy atom. The van der Waals surface area contributed by atoms with Gasteiger partial charge in [0.15, 0.2) is 0 Å². The van der Waals surface area contributed by atoms with E-state index in [4.69, 9.17) is 0 Å². The van der Waals surface area contributed by atoms with E-state index in [9.17, 15) is 9.59 Å². The van der Waals surface area contributed by atoms with Gasteiger partial charge in [-0.1, -0.05) is 0 Å². The van der Waals surface area contributed by atoms with Crippen LogP contribution in [0.25, 0.3) is 10.2 Å². The van der Waals surface area contributed by atoms with Gasteiger partial charge < -0.3 is 10.2 Å². The SMILES string of the molecule is CNC(=O)[C@H]1CCCCN1C(=O)c1sc2nc(C)cc(C)c2c1C. The molecule has 0 radical (unpaired) electrons. The first-order chi connectivity index (χ1) is 11.4. The van der Waals surface area contributed by atoms with Crippen molar-refractivity contribution in [3.63, 3.8) is 0 Å². The number of nitrogens with zero attached hydrogens (tertiary/aromatic N) is 2. The number of fused-ring (bicyclic) bond motifs is 1. The summed E-state index contributed by atoms with van der Waals surface area (Å²) >= 11 is 1.44. The number of carbonyl (C=O) groups is 2. The van der Waals surface area contributed by atoms with Gasteiger partial charge in [0.05, 0.1) is 4.88 Å². The second-order valence-corrected chi connectivity index (χ2v) is 7.44. The average Bonchev–Trinajstić information content (AvgIpc) is 2.90. The predicted octanol–water partition coefficient (Wildman–Crippen LogP) is 2.96. The van der Waals surface area contributed by atoms with Crippen LogP contribution < -0.4 is 5.32 Å². The minimum Gasteiger partial charge on any atom is -0.357 e. The molecular weight excluding hydrogens is 322 g/mol. The molecule has 2 amide bonds. The van der Waals surface area contributed by atoms with Gasteiger partial charge in [0.1, 0.15) is 10.9 Å². The molecule has 1 aliphatic rings. The quantitative estimate of drug-likeness (QED) is 0.910. The summed E-state index contributed by atoms with van der Waals surface area (Å²) in [5.74, 6) is -0.118. The van der Waals surface area contributed by atoms with Gasteiger partial charge in [-0.05, 0) is 57.2 Å². The lowest BCUT2D eigenvalue weighted by molar-refractivity contribution is -0.126. The zero-order valence-corrected chi connectivity index (χ0v) is 15.4. The molecule has 3 heterocycles. The highest BCUT2D eigenvalue weighted by Crippen LogP contribution is 2.34. The normalized spacial score (nSPS) is 18.0. The van der Waals surface area contributed by atoms with Gasteiger partial charge >= 0.3 is 0 Å². The number of amides is 2. The summed E-state index contributed by atoms with van der Waals surface area (Å²) in [5, 5.41) is 3.76. The minimum absolute atomic E-state index is 0.0409. The number of nitrogens with one attached hydrogen (secondary N) is 1. The predicted molar refractivity (Wildman–Crippen MR) is 96.6 cm³/mol. The lowest BCUT2D eigenvalue weighted by Gasteiger charge is -2.34. The number of likely N-dealkylation sites (N-methyl/N-ethyl adjacent to an activating group) is 1. The Labute approximate surface area is 146 Å². The number of aryl methyl sites for hydroxylation is 3. The Morgan fingerprint density at radius 1 is 1.29 bits per heavy atom. The molecule has 0 spiro atoms. The van der Waals surface area contributed by atoms with Crippen LogP contribution in [0.4, 0.5) is 0 Å². The average molecular weight is 345 g/mol. The Hall–Kier alpha value is -1.95. The van der Waals surface area contributed by atoms with Gasteiger partial charge in [-0.25, -0.2) is 4.98 Å². The van der Waals surface area contributed by atoms with Crippen molar-refractivity contribution in [3.8, 4) is 0 Å². The van der Waals surface area contributed by atoms with Crippen molar-refractivity contribution in [1.29, 1.82) is 0 Å². The molecule has 1 saturated heterocycles. The Kier molecular flexibility index (Phi) is 4.58. The number of rotatable bonds is 2. The first kappa shape index (κ1) is 16.9.